The van der Waals surface area contributed by atoms with E-state index in [0.717, 1.165) is 17.9 Å². The van der Waals surface area contributed by atoms with E-state index in [1.165, 1.54) is 5.56 Å². The van der Waals surface area contributed by atoms with Gasteiger partial charge in [0.15, 0.2) is 11.6 Å². The maximum absolute atomic E-state index is 12.3. The number of nitrogens with zero attached hydrogens (tertiary/aromatic N) is 3. The number of nitrogens with one attached hydrogen (secondary N) is 1. The fourth-order valence-corrected chi connectivity index (χ4v) is 3.49. The fourth-order valence-electron chi connectivity index (χ4n) is 3.26. The van der Waals surface area contributed by atoms with E-state index < -0.39 is 0 Å². The molecule has 0 aliphatic carbocycles. The Hall–Kier alpha value is -2.92. The lowest BCUT2D eigenvalue weighted by atomic mass is 10.1. The largest absolute Gasteiger partial charge is 0.321 e. The van der Waals surface area contributed by atoms with Crippen molar-refractivity contribution in [3.05, 3.63) is 76.8 Å². The number of halogens is 1. The number of anilines is 3. The number of carbonyl (C=O) groups excluding carboxylic acids is 1. The Morgan fingerprint density at radius 2 is 1.85 bits per heavy atom. The lowest BCUT2D eigenvalue weighted by molar-refractivity contribution is 0.102. The summed E-state index contributed by atoms with van der Waals surface area (Å²) in [6.07, 6.45) is 0.975. The van der Waals surface area contributed by atoms with Crippen LogP contribution in [0.2, 0.25) is 5.02 Å². The third-order valence-electron chi connectivity index (χ3n) is 4.46. The zero-order chi connectivity index (χ0) is 18.1. The van der Waals surface area contributed by atoms with Gasteiger partial charge >= 0.3 is 0 Å². The number of rotatable bonds is 3. The van der Waals surface area contributed by atoms with Crippen molar-refractivity contribution < 1.29 is 4.79 Å². The molecule has 1 unspecified atom stereocenters. The second-order valence-corrected chi connectivity index (χ2v) is 6.67. The minimum atomic E-state index is -0.308. The van der Waals surface area contributed by atoms with Crippen LogP contribution >= 0.6 is 11.6 Å². The Balaban J connectivity index is 1.54. The van der Waals surface area contributed by atoms with Crippen LogP contribution in [0.25, 0.3) is 0 Å². The van der Waals surface area contributed by atoms with Crippen LogP contribution in [0.15, 0.2) is 60.7 Å². The molecule has 1 amide bonds. The van der Waals surface area contributed by atoms with Crippen LogP contribution < -0.4 is 10.2 Å². The summed E-state index contributed by atoms with van der Waals surface area (Å²) in [4.78, 5) is 14.5. The van der Waals surface area contributed by atoms with Crippen LogP contribution in [0.5, 0.6) is 0 Å². The molecule has 130 valence electrons. The lowest BCUT2D eigenvalue weighted by Crippen LogP contribution is -2.25. The van der Waals surface area contributed by atoms with E-state index in [9.17, 15) is 4.79 Å². The smallest absolute Gasteiger partial charge is 0.258 e. The molecule has 0 fully saturated rings. The van der Waals surface area contributed by atoms with Crippen LogP contribution in [0, 0.1) is 0 Å². The molecule has 0 saturated heterocycles. The second kappa shape index (κ2) is 6.77. The first kappa shape index (κ1) is 16.5. The van der Waals surface area contributed by atoms with Crippen LogP contribution in [0.1, 0.15) is 22.8 Å². The number of carbonyl (C=O) groups is 1. The number of fused-ring (bicyclic) bond motifs is 1. The number of para-hydroxylation sites is 1. The molecule has 1 aromatic heterocycles. The number of amides is 1. The monoisotopic (exact) mass is 364 g/mol. The molecule has 26 heavy (non-hydrogen) atoms. The van der Waals surface area contributed by atoms with E-state index in [4.69, 9.17) is 11.6 Å². The van der Waals surface area contributed by atoms with E-state index in [1.807, 2.05) is 18.2 Å². The molecule has 0 radical (unpaired) electrons. The maximum atomic E-state index is 12.3. The SMILES string of the molecule is CC1Cc2ccccc2N1c1ccc(NC(=O)c2ccccc2Cl)nn1. The Morgan fingerprint density at radius 3 is 2.62 bits per heavy atom. The van der Waals surface area contributed by atoms with E-state index >= 15 is 0 Å². The van der Waals surface area contributed by atoms with Crippen LogP contribution in [0.3, 0.4) is 0 Å². The summed E-state index contributed by atoms with van der Waals surface area (Å²) in [7, 11) is 0. The highest BCUT2D eigenvalue weighted by Gasteiger charge is 2.27. The maximum Gasteiger partial charge on any atom is 0.258 e. The molecular formula is C20H17ClN4O. The average molecular weight is 365 g/mol. The van der Waals surface area contributed by atoms with Crippen molar-refractivity contribution in [2.75, 3.05) is 10.2 Å². The molecule has 0 bridgehead atoms. The van der Waals surface area contributed by atoms with Crippen molar-refractivity contribution in [3.63, 3.8) is 0 Å². The standard InChI is InChI=1S/C20H17ClN4O/c1-13-12-14-6-2-5-9-17(14)25(13)19-11-10-18(23-24-19)22-20(26)15-7-3-4-8-16(15)21/h2-11,13H,12H2,1H3,(H,22,23,26). The minimum Gasteiger partial charge on any atom is -0.321 e. The van der Waals surface area contributed by atoms with Crippen molar-refractivity contribution in [1.29, 1.82) is 0 Å². The Labute approximate surface area is 156 Å². The summed E-state index contributed by atoms with van der Waals surface area (Å²) in [6.45, 7) is 2.16. The normalized spacial score (nSPS) is 15.6. The van der Waals surface area contributed by atoms with Crippen LogP contribution in [-0.2, 0) is 6.42 Å². The van der Waals surface area contributed by atoms with E-state index in [0.29, 0.717) is 22.4 Å². The zero-order valence-corrected chi connectivity index (χ0v) is 14.9. The molecule has 2 aromatic carbocycles. The summed E-state index contributed by atoms with van der Waals surface area (Å²) in [5, 5.41) is 11.6. The predicted octanol–water partition coefficient (Wildman–Crippen LogP) is 4.47. The van der Waals surface area contributed by atoms with Gasteiger partial charge in [0.05, 0.1) is 10.6 Å². The minimum absolute atomic E-state index is 0.308. The third-order valence-corrected chi connectivity index (χ3v) is 4.79. The molecule has 6 heteroatoms. The highest BCUT2D eigenvalue weighted by molar-refractivity contribution is 6.34. The Bertz CT molecular complexity index is 958. The van der Waals surface area contributed by atoms with Gasteiger partial charge in [0.25, 0.3) is 5.91 Å². The molecule has 1 atom stereocenters. The molecule has 4 rings (SSSR count). The quantitative estimate of drug-likeness (QED) is 0.745. The highest BCUT2D eigenvalue weighted by Crippen LogP contribution is 2.36. The number of hydrogen-bond donors (Lipinski definition) is 1. The zero-order valence-electron chi connectivity index (χ0n) is 14.2. The summed E-state index contributed by atoms with van der Waals surface area (Å²) in [6, 6.07) is 19.1. The Kier molecular flexibility index (Phi) is 4.31. The van der Waals surface area contributed by atoms with Crippen molar-refractivity contribution in [3.8, 4) is 0 Å². The van der Waals surface area contributed by atoms with E-state index in [2.05, 4.69) is 39.5 Å². The van der Waals surface area contributed by atoms with Gasteiger partial charge in [0.2, 0.25) is 0 Å². The highest BCUT2D eigenvalue weighted by atomic mass is 35.5. The number of aromatic nitrogens is 2. The van der Waals surface area contributed by atoms with E-state index in [1.54, 1.807) is 30.3 Å². The molecule has 2 heterocycles. The van der Waals surface area contributed by atoms with Gasteiger partial charge in [-0.2, -0.15) is 0 Å². The predicted molar refractivity (Wildman–Crippen MR) is 103 cm³/mol. The fraction of sp³-hybridized carbons (Fsp3) is 0.150. The van der Waals surface area contributed by atoms with Crippen LogP contribution in [-0.4, -0.2) is 22.1 Å². The Morgan fingerprint density at radius 1 is 1.08 bits per heavy atom. The van der Waals surface area contributed by atoms with Crippen molar-refractivity contribution in [2.45, 2.75) is 19.4 Å². The molecule has 0 saturated carbocycles. The molecule has 1 aliphatic heterocycles. The molecule has 1 N–H and O–H groups in total. The topological polar surface area (TPSA) is 58.1 Å². The van der Waals surface area contributed by atoms with Crippen molar-refractivity contribution >= 4 is 34.8 Å². The van der Waals surface area contributed by atoms with Crippen molar-refractivity contribution in [1.82, 2.24) is 10.2 Å². The van der Waals surface area contributed by atoms with E-state index in [-0.39, 0.29) is 5.91 Å². The molecular weight excluding hydrogens is 348 g/mol. The third kappa shape index (κ3) is 3.02. The van der Waals surface area contributed by atoms with Gasteiger partial charge in [-0.25, -0.2) is 0 Å². The summed E-state index contributed by atoms with van der Waals surface area (Å²) < 4.78 is 0. The van der Waals surface area contributed by atoms with Gasteiger partial charge in [-0.1, -0.05) is 41.9 Å². The van der Waals surface area contributed by atoms with Crippen molar-refractivity contribution in [2.24, 2.45) is 0 Å². The molecule has 1 aliphatic rings. The molecule has 0 spiro atoms. The summed E-state index contributed by atoms with van der Waals surface area (Å²) >= 11 is 6.06. The van der Waals surface area contributed by atoms with Crippen LogP contribution in [0.4, 0.5) is 17.3 Å². The van der Waals surface area contributed by atoms with Gasteiger partial charge in [-0.05, 0) is 49.2 Å². The number of benzene rings is 2. The molecule has 5 nitrogen and oxygen atoms in total. The number of hydrogen-bond acceptors (Lipinski definition) is 4. The van der Waals surface area contributed by atoms with Gasteiger partial charge < -0.3 is 10.2 Å². The van der Waals surface area contributed by atoms with Gasteiger partial charge in [-0.3, -0.25) is 4.79 Å². The lowest BCUT2D eigenvalue weighted by Gasteiger charge is -2.23. The average Bonchev–Trinajstić information content (AvgIpc) is 2.98. The first-order chi connectivity index (χ1) is 12.6. The van der Waals surface area contributed by atoms with Gasteiger partial charge in [0.1, 0.15) is 0 Å². The van der Waals surface area contributed by atoms with Gasteiger partial charge in [0, 0.05) is 11.7 Å². The first-order valence-corrected chi connectivity index (χ1v) is 8.78. The summed E-state index contributed by atoms with van der Waals surface area (Å²) in [5.74, 6) is 0.842. The second-order valence-electron chi connectivity index (χ2n) is 6.26. The first-order valence-electron chi connectivity index (χ1n) is 8.40. The molecule has 3 aromatic rings. The summed E-state index contributed by atoms with van der Waals surface area (Å²) in [5.41, 5.74) is 2.86. The van der Waals surface area contributed by atoms with Gasteiger partial charge in [-0.15, -0.1) is 10.2 Å².